The molecule has 0 atom stereocenters. The monoisotopic (exact) mass is 333 g/mol. The van der Waals surface area contributed by atoms with Crippen LogP contribution in [0.2, 0.25) is 15.1 Å². The van der Waals surface area contributed by atoms with Crippen LogP contribution in [-0.4, -0.2) is 6.54 Å². The zero-order valence-electron chi connectivity index (χ0n) is 11.9. The van der Waals surface area contributed by atoms with Gasteiger partial charge in [-0.05, 0) is 43.4 Å². The highest BCUT2D eigenvalue weighted by molar-refractivity contribution is 6.44. The van der Waals surface area contributed by atoms with Gasteiger partial charge in [-0.3, -0.25) is 0 Å². The summed E-state index contributed by atoms with van der Waals surface area (Å²) in [6, 6.07) is 3.54. The Bertz CT molecular complexity index is 440. The summed E-state index contributed by atoms with van der Waals surface area (Å²) in [5.74, 6) is 1.73. The molecule has 0 spiro atoms. The first-order valence-electron chi connectivity index (χ1n) is 7.44. The van der Waals surface area contributed by atoms with Crippen molar-refractivity contribution >= 4 is 34.8 Å². The van der Waals surface area contributed by atoms with Gasteiger partial charge in [-0.2, -0.15) is 0 Å². The normalized spacial score (nSPS) is 23.0. The van der Waals surface area contributed by atoms with Gasteiger partial charge in [0.15, 0.2) is 0 Å². The van der Waals surface area contributed by atoms with Gasteiger partial charge in [0.2, 0.25) is 0 Å². The summed E-state index contributed by atoms with van der Waals surface area (Å²) in [5.41, 5.74) is 0.906. The van der Waals surface area contributed by atoms with Crippen molar-refractivity contribution in [2.75, 3.05) is 6.54 Å². The average Bonchev–Trinajstić information content (AvgIpc) is 2.47. The fraction of sp³-hybridized carbons (Fsp3) is 0.625. The van der Waals surface area contributed by atoms with Crippen LogP contribution in [0.3, 0.4) is 0 Å². The van der Waals surface area contributed by atoms with Crippen LogP contribution in [0, 0.1) is 11.8 Å². The first kappa shape index (κ1) is 16.4. The molecule has 1 aliphatic carbocycles. The molecule has 0 amide bonds. The van der Waals surface area contributed by atoms with Gasteiger partial charge in [0.25, 0.3) is 0 Å². The molecule has 20 heavy (non-hydrogen) atoms. The second-order valence-electron chi connectivity index (χ2n) is 5.75. The van der Waals surface area contributed by atoms with Gasteiger partial charge in [-0.15, -0.1) is 0 Å². The topological polar surface area (TPSA) is 12.0 Å². The fourth-order valence-electron chi connectivity index (χ4n) is 2.98. The van der Waals surface area contributed by atoms with Gasteiger partial charge >= 0.3 is 0 Å². The van der Waals surface area contributed by atoms with E-state index < -0.39 is 0 Å². The molecule has 1 N–H and O–H groups in total. The van der Waals surface area contributed by atoms with Gasteiger partial charge in [0, 0.05) is 17.1 Å². The van der Waals surface area contributed by atoms with Gasteiger partial charge in [0.1, 0.15) is 0 Å². The zero-order valence-corrected chi connectivity index (χ0v) is 14.2. The van der Waals surface area contributed by atoms with Gasteiger partial charge in [0.05, 0.1) is 10.0 Å². The maximum Gasteiger partial charge on any atom is 0.0652 e. The number of nitrogens with one attached hydrogen (secondary N) is 1. The van der Waals surface area contributed by atoms with E-state index in [0.29, 0.717) is 21.6 Å². The molecule has 0 unspecified atom stereocenters. The molecule has 112 valence electrons. The molecule has 0 saturated heterocycles. The van der Waals surface area contributed by atoms with Crippen LogP contribution in [0.1, 0.15) is 44.6 Å². The largest absolute Gasteiger partial charge is 0.312 e. The molecular formula is C16H22Cl3N. The van der Waals surface area contributed by atoms with Crippen LogP contribution >= 0.6 is 34.8 Å². The summed E-state index contributed by atoms with van der Waals surface area (Å²) in [4.78, 5) is 0. The van der Waals surface area contributed by atoms with Crippen molar-refractivity contribution in [3.8, 4) is 0 Å². The fourth-order valence-corrected chi connectivity index (χ4v) is 3.66. The van der Waals surface area contributed by atoms with Crippen LogP contribution in [0.15, 0.2) is 12.1 Å². The third-order valence-corrected chi connectivity index (χ3v) is 5.61. The van der Waals surface area contributed by atoms with Crippen molar-refractivity contribution in [2.24, 2.45) is 11.8 Å². The van der Waals surface area contributed by atoms with E-state index in [1.54, 1.807) is 12.1 Å². The van der Waals surface area contributed by atoms with Crippen molar-refractivity contribution in [1.29, 1.82) is 0 Å². The third kappa shape index (κ3) is 4.27. The molecule has 1 aliphatic rings. The van der Waals surface area contributed by atoms with E-state index in [0.717, 1.165) is 23.9 Å². The second-order valence-corrected chi connectivity index (χ2v) is 6.94. The van der Waals surface area contributed by atoms with Gasteiger partial charge in [-0.25, -0.2) is 0 Å². The summed E-state index contributed by atoms with van der Waals surface area (Å²) < 4.78 is 0. The maximum atomic E-state index is 6.20. The Morgan fingerprint density at radius 3 is 2.25 bits per heavy atom. The Labute approximate surface area is 137 Å². The molecule has 0 aliphatic heterocycles. The first-order chi connectivity index (χ1) is 9.61. The highest BCUT2D eigenvalue weighted by Crippen LogP contribution is 2.32. The molecule has 0 heterocycles. The second kappa shape index (κ2) is 7.89. The molecular weight excluding hydrogens is 313 g/mol. The number of benzene rings is 1. The number of hydrogen-bond acceptors (Lipinski definition) is 1. The standard InChI is InChI=1S/C16H22Cl3N/c1-2-11-3-5-12(6-4-11)9-20-10-13-14(17)7-8-15(18)16(13)19/h7-8,11-12,20H,2-6,9-10H2,1H3. The maximum absolute atomic E-state index is 6.20. The summed E-state index contributed by atoms with van der Waals surface area (Å²) in [6.07, 6.45) is 6.75. The lowest BCUT2D eigenvalue weighted by atomic mass is 9.81. The van der Waals surface area contributed by atoms with E-state index in [9.17, 15) is 0 Å². The van der Waals surface area contributed by atoms with Gasteiger partial charge < -0.3 is 5.32 Å². The molecule has 0 bridgehead atoms. The van der Waals surface area contributed by atoms with Crippen LogP contribution in [0.5, 0.6) is 0 Å². The Hall–Kier alpha value is 0.0500. The minimum Gasteiger partial charge on any atom is -0.312 e. The predicted molar refractivity (Wildman–Crippen MR) is 88.9 cm³/mol. The smallest absolute Gasteiger partial charge is 0.0652 e. The lowest BCUT2D eigenvalue weighted by Crippen LogP contribution is -2.26. The van der Waals surface area contributed by atoms with E-state index in [1.807, 2.05) is 0 Å². The Morgan fingerprint density at radius 1 is 1.00 bits per heavy atom. The van der Waals surface area contributed by atoms with Gasteiger partial charge in [-0.1, -0.05) is 61.0 Å². The summed E-state index contributed by atoms with van der Waals surface area (Å²) in [6.45, 7) is 4.02. The molecule has 1 saturated carbocycles. The number of halogens is 3. The van der Waals surface area contributed by atoms with E-state index in [2.05, 4.69) is 12.2 Å². The van der Waals surface area contributed by atoms with Crippen molar-refractivity contribution in [3.63, 3.8) is 0 Å². The lowest BCUT2D eigenvalue weighted by molar-refractivity contribution is 0.262. The highest BCUT2D eigenvalue weighted by Gasteiger charge is 2.19. The Morgan fingerprint density at radius 2 is 1.60 bits per heavy atom. The molecule has 1 fully saturated rings. The van der Waals surface area contributed by atoms with Crippen molar-refractivity contribution in [2.45, 2.75) is 45.6 Å². The molecule has 0 aromatic heterocycles. The quantitative estimate of drug-likeness (QED) is 0.656. The van der Waals surface area contributed by atoms with E-state index >= 15 is 0 Å². The van der Waals surface area contributed by atoms with Crippen molar-refractivity contribution in [1.82, 2.24) is 5.32 Å². The van der Waals surface area contributed by atoms with E-state index in [-0.39, 0.29) is 0 Å². The van der Waals surface area contributed by atoms with Crippen LogP contribution in [0.25, 0.3) is 0 Å². The van der Waals surface area contributed by atoms with Crippen molar-refractivity contribution in [3.05, 3.63) is 32.8 Å². The minimum atomic E-state index is 0.566. The highest BCUT2D eigenvalue weighted by atomic mass is 35.5. The van der Waals surface area contributed by atoms with Crippen LogP contribution in [0.4, 0.5) is 0 Å². The Balaban J connectivity index is 1.81. The summed E-state index contributed by atoms with van der Waals surface area (Å²) in [5, 5.41) is 5.30. The molecule has 4 heteroatoms. The van der Waals surface area contributed by atoms with E-state index in [4.69, 9.17) is 34.8 Å². The predicted octanol–water partition coefficient (Wildman–Crippen LogP) is 5.95. The van der Waals surface area contributed by atoms with Crippen LogP contribution < -0.4 is 5.32 Å². The van der Waals surface area contributed by atoms with Crippen LogP contribution in [-0.2, 0) is 6.54 Å². The van der Waals surface area contributed by atoms with E-state index in [1.165, 1.54) is 32.1 Å². The number of hydrogen-bond donors (Lipinski definition) is 1. The summed E-state index contributed by atoms with van der Waals surface area (Å²) >= 11 is 18.4. The SMILES string of the molecule is CCC1CCC(CNCc2c(Cl)ccc(Cl)c2Cl)CC1. The lowest BCUT2D eigenvalue weighted by Gasteiger charge is -2.28. The Kier molecular flexibility index (Phi) is 6.48. The number of rotatable bonds is 5. The molecule has 1 nitrogen and oxygen atoms in total. The molecule has 1 aromatic carbocycles. The molecule has 1 aromatic rings. The first-order valence-corrected chi connectivity index (χ1v) is 8.58. The zero-order chi connectivity index (χ0) is 14.5. The average molecular weight is 335 g/mol. The summed E-state index contributed by atoms with van der Waals surface area (Å²) in [7, 11) is 0. The van der Waals surface area contributed by atoms with Crippen molar-refractivity contribution < 1.29 is 0 Å². The third-order valence-electron chi connectivity index (χ3n) is 4.42. The minimum absolute atomic E-state index is 0.566. The molecule has 2 rings (SSSR count). The molecule has 0 radical (unpaired) electrons.